The zero-order chi connectivity index (χ0) is 13.3. The van der Waals surface area contributed by atoms with Crippen molar-refractivity contribution in [3.05, 3.63) is 29.8 Å². The second kappa shape index (κ2) is 8.59. The number of ether oxygens (including phenoxy) is 2. The summed E-state index contributed by atoms with van der Waals surface area (Å²) in [6, 6.07) is 8.78. The quantitative estimate of drug-likeness (QED) is 0.586. The van der Waals surface area contributed by atoms with Gasteiger partial charge < -0.3 is 14.8 Å². The zero-order valence-corrected chi connectivity index (χ0v) is 12.4. The Kier molecular flexibility index (Phi) is 6.71. The van der Waals surface area contributed by atoms with Gasteiger partial charge in [0.1, 0.15) is 0 Å². The Morgan fingerprint density at radius 3 is 3.21 bits per heavy atom. The van der Waals surface area contributed by atoms with Gasteiger partial charge in [0.05, 0.1) is 13.2 Å². The van der Waals surface area contributed by atoms with Crippen LogP contribution in [0.1, 0.15) is 12.0 Å². The first-order valence-electron chi connectivity index (χ1n) is 6.87. The standard InChI is InChI=1S/C15H23NO2S/c1-17-8-6-16-10-13-3-2-4-15(9-13)19-12-14-5-7-18-11-14/h2-4,9,14,16H,5-8,10-12H2,1H3. The molecule has 1 unspecified atom stereocenters. The first kappa shape index (κ1) is 14.9. The van der Waals surface area contributed by atoms with Crippen molar-refractivity contribution in [1.82, 2.24) is 5.32 Å². The first-order chi connectivity index (χ1) is 9.38. The largest absolute Gasteiger partial charge is 0.383 e. The molecule has 1 aromatic rings. The number of benzene rings is 1. The molecular formula is C15H23NO2S. The molecule has 3 nitrogen and oxygen atoms in total. The van der Waals surface area contributed by atoms with Crippen molar-refractivity contribution < 1.29 is 9.47 Å². The van der Waals surface area contributed by atoms with E-state index in [1.165, 1.54) is 22.6 Å². The van der Waals surface area contributed by atoms with Gasteiger partial charge in [0.15, 0.2) is 0 Å². The molecule has 1 N–H and O–H groups in total. The predicted molar refractivity (Wildman–Crippen MR) is 79.7 cm³/mol. The van der Waals surface area contributed by atoms with Gasteiger partial charge in [0, 0.05) is 37.5 Å². The Bertz CT molecular complexity index is 367. The highest BCUT2D eigenvalue weighted by molar-refractivity contribution is 7.99. The highest BCUT2D eigenvalue weighted by atomic mass is 32.2. The highest BCUT2D eigenvalue weighted by Gasteiger charge is 2.15. The fourth-order valence-corrected chi connectivity index (χ4v) is 3.18. The van der Waals surface area contributed by atoms with Gasteiger partial charge in [0.25, 0.3) is 0 Å². The van der Waals surface area contributed by atoms with Gasteiger partial charge >= 0.3 is 0 Å². The third-order valence-corrected chi connectivity index (χ3v) is 4.45. The summed E-state index contributed by atoms with van der Waals surface area (Å²) in [5.74, 6) is 1.90. The van der Waals surface area contributed by atoms with Crippen molar-refractivity contribution >= 4 is 11.8 Å². The minimum absolute atomic E-state index is 0.730. The maximum Gasteiger partial charge on any atom is 0.0587 e. The molecule has 1 atom stereocenters. The normalized spacial score (nSPS) is 18.9. The van der Waals surface area contributed by atoms with E-state index in [9.17, 15) is 0 Å². The Morgan fingerprint density at radius 1 is 1.47 bits per heavy atom. The molecule has 0 radical (unpaired) electrons. The molecule has 1 fully saturated rings. The number of hydrogen-bond donors (Lipinski definition) is 1. The number of methoxy groups -OCH3 is 1. The lowest BCUT2D eigenvalue weighted by molar-refractivity contribution is 0.189. The van der Waals surface area contributed by atoms with Gasteiger partial charge in [-0.05, 0) is 30.0 Å². The van der Waals surface area contributed by atoms with Crippen molar-refractivity contribution in [2.24, 2.45) is 5.92 Å². The summed E-state index contributed by atoms with van der Waals surface area (Å²) in [5, 5.41) is 3.37. The molecular weight excluding hydrogens is 258 g/mol. The molecule has 0 aromatic heterocycles. The van der Waals surface area contributed by atoms with Crippen molar-refractivity contribution in [2.45, 2.75) is 17.9 Å². The molecule has 4 heteroatoms. The van der Waals surface area contributed by atoms with Gasteiger partial charge in [-0.2, -0.15) is 0 Å². The van der Waals surface area contributed by atoms with Crippen LogP contribution in [0.15, 0.2) is 29.2 Å². The fourth-order valence-electron chi connectivity index (χ4n) is 2.08. The Balaban J connectivity index is 1.74. The molecule has 2 rings (SSSR count). The van der Waals surface area contributed by atoms with Crippen molar-refractivity contribution in [3.63, 3.8) is 0 Å². The smallest absolute Gasteiger partial charge is 0.0587 e. The summed E-state index contributed by atoms with van der Waals surface area (Å²) in [5.41, 5.74) is 1.34. The van der Waals surface area contributed by atoms with Gasteiger partial charge in [-0.3, -0.25) is 0 Å². The van der Waals surface area contributed by atoms with E-state index >= 15 is 0 Å². The third-order valence-electron chi connectivity index (χ3n) is 3.22. The van der Waals surface area contributed by atoms with Crippen LogP contribution in [0.4, 0.5) is 0 Å². The van der Waals surface area contributed by atoms with E-state index in [1.807, 2.05) is 11.8 Å². The Morgan fingerprint density at radius 2 is 2.42 bits per heavy atom. The van der Waals surface area contributed by atoms with Crippen LogP contribution in [0.5, 0.6) is 0 Å². The highest BCUT2D eigenvalue weighted by Crippen LogP contribution is 2.25. The predicted octanol–water partition coefficient (Wildman–Crippen LogP) is 2.55. The lowest BCUT2D eigenvalue weighted by Crippen LogP contribution is -2.18. The minimum Gasteiger partial charge on any atom is -0.383 e. The molecule has 0 aliphatic carbocycles. The van der Waals surface area contributed by atoms with E-state index in [0.717, 1.165) is 38.8 Å². The van der Waals surface area contributed by atoms with Crippen molar-refractivity contribution in [1.29, 1.82) is 0 Å². The van der Waals surface area contributed by atoms with Crippen LogP contribution in [0.25, 0.3) is 0 Å². The number of rotatable bonds is 8. The summed E-state index contributed by atoms with van der Waals surface area (Å²) in [6.45, 7) is 4.44. The Hall–Kier alpha value is -0.550. The molecule has 19 heavy (non-hydrogen) atoms. The molecule has 0 spiro atoms. The minimum atomic E-state index is 0.730. The molecule has 1 aliphatic heterocycles. The van der Waals surface area contributed by atoms with E-state index in [-0.39, 0.29) is 0 Å². The summed E-state index contributed by atoms with van der Waals surface area (Å²) < 4.78 is 10.4. The molecule has 1 heterocycles. The monoisotopic (exact) mass is 281 g/mol. The van der Waals surface area contributed by atoms with Crippen molar-refractivity contribution in [2.75, 3.05) is 39.2 Å². The maximum atomic E-state index is 5.41. The lowest BCUT2D eigenvalue weighted by atomic mass is 10.2. The summed E-state index contributed by atoms with van der Waals surface area (Å²) >= 11 is 1.94. The summed E-state index contributed by atoms with van der Waals surface area (Å²) in [4.78, 5) is 1.36. The van der Waals surface area contributed by atoms with E-state index in [2.05, 4.69) is 29.6 Å². The fraction of sp³-hybridized carbons (Fsp3) is 0.600. The maximum absolute atomic E-state index is 5.41. The number of thioether (sulfide) groups is 1. The van der Waals surface area contributed by atoms with E-state index < -0.39 is 0 Å². The molecule has 1 aromatic carbocycles. The second-order valence-electron chi connectivity index (χ2n) is 4.86. The average Bonchev–Trinajstić information content (AvgIpc) is 2.95. The van der Waals surface area contributed by atoms with E-state index in [0.29, 0.717) is 0 Å². The van der Waals surface area contributed by atoms with E-state index in [4.69, 9.17) is 9.47 Å². The SMILES string of the molecule is COCCNCc1cccc(SCC2CCOC2)c1. The first-order valence-corrected chi connectivity index (χ1v) is 7.86. The molecule has 1 saturated heterocycles. The number of hydrogen-bond acceptors (Lipinski definition) is 4. The Labute approximate surface area is 120 Å². The topological polar surface area (TPSA) is 30.5 Å². The van der Waals surface area contributed by atoms with Gasteiger partial charge in [-0.15, -0.1) is 11.8 Å². The number of nitrogens with one attached hydrogen (secondary N) is 1. The molecule has 1 aliphatic rings. The zero-order valence-electron chi connectivity index (χ0n) is 11.6. The molecule has 0 bridgehead atoms. The second-order valence-corrected chi connectivity index (χ2v) is 5.95. The van der Waals surface area contributed by atoms with Crippen LogP contribution in [0.2, 0.25) is 0 Å². The van der Waals surface area contributed by atoms with Crippen LogP contribution in [-0.2, 0) is 16.0 Å². The van der Waals surface area contributed by atoms with Crippen LogP contribution >= 0.6 is 11.8 Å². The van der Waals surface area contributed by atoms with Crippen LogP contribution in [0.3, 0.4) is 0 Å². The summed E-state index contributed by atoms with van der Waals surface area (Å²) in [6.07, 6.45) is 1.21. The van der Waals surface area contributed by atoms with Crippen LogP contribution < -0.4 is 5.32 Å². The van der Waals surface area contributed by atoms with Gasteiger partial charge in [-0.1, -0.05) is 12.1 Å². The van der Waals surface area contributed by atoms with Gasteiger partial charge in [0.2, 0.25) is 0 Å². The molecule has 106 valence electrons. The lowest BCUT2D eigenvalue weighted by Gasteiger charge is -2.09. The average molecular weight is 281 g/mol. The molecule has 0 saturated carbocycles. The van der Waals surface area contributed by atoms with Gasteiger partial charge in [-0.25, -0.2) is 0 Å². The molecule has 0 amide bonds. The van der Waals surface area contributed by atoms with Crippen LogP contribution in [0, 0.1) is 5.92 Å². The van der Waals surface area contributed by atoms with E-state index in [1.54, 1.807) is 7.11 Å². The van der Waals surface area contributed by atoms with Crippen molar-refractivity contribution in [3.8, 4) is 0 Å². The van der Waals surface area contributed by atoms with Crippen LogP contribution in [-0.4, -0.2) is 39.2 Å². The summed E-state index contributed by atoms with van der Waals surface area (Å²) in [7, 11) is 1.73. The third kappa shape index (κ3) is 5.53.